The Morgan fingerprint density at radius 3 is 2.43 bits per heavy atom. The predicted molar refractivity (Wildman–Crippen MR) is 78.5 cm³/mol. The van der Waals surface area contributed by atoms with Gasteiger partial charge in [-0.15, -0.1) is 0 Å². The quantitative estimate of drug-likeness (QED) is 0.625. The maximum Gasteiger partial charge on any atom is 0.287 e. The summed E-state index contributed by atoms with van der Waals surface area (Å²) >= 11 is 0. The first kappa shape index (κ1) is 14.5. The van der Waals surface area contributed by atoms with Gasteiger partial charge in [0.05, 0.1) is 4.92 Å². The molecular weight excluding hydrogens is 268 g/mol. The minimum absolute atomic E-state index is 0.0135. The van der Waals surface area contributed by atoms with Crippen molar-refractivity contribution in [3.05, 3.63) is 62.7 Å². The number of nitro groups is 1. The molecule has 0 saturated heterocycles. The zero-order chi connectivity index (χ0) is 15.6. The summed E-state index contributed by atoms with van der Waals surface area (Å²) < 4.78 is 5.82. The van der Waals surface area contributed by atoms with Crippen molar-refractivity contribution in [2.75, 3.05) is 0 Å². The molecule has 2 rings (SSSR count). The number of benzene rings is 2. The Kier molecular flexibility index (Phi) is 3.90. The maximum atomic E-state index is 10.8. The summed E-state index contributed by atoms with van der Waals surface area (Å²) in [5.41, 5.74) is 2.84. The van der Waals surface area contributed by atoms with E-state index in [4.69, 9.17) is 10.00 Å². The summed E-state index contributed by atoms with van der Waals surface area (Å²) in [7, 11) is 0. The molecule has 0 radical (unpaired) electrons. The third-order valence-corrected chi connectivity index (χ3v) is 3.38. The van der Waals surface area contributed by atoms with Crippen molar-refractivity contribution < 1.29 is 9.66 Å². The molecule has 106 valence electrons. The number of ether oxygens (including phenoxy) is 1. The second-order valence-electron chi connectivity index (χ2n) is 4.80. The Morgan fingerprint density at radius 1 is 1.14 bits per heavy atom. The smallest absolute Gasteiger partial charge is 0.287 e. The lowest BCUT2D eigenvalue weighted by molar-refractivity contribution is -0.385. The normalized spacial score (nSPS) is 10.0. The molecule has 0 fully saturated rings. The second kappa shape index (κ2) is 5.63. The van der Waals surface area contributed by atoms with E-state index >= 15 is 0 Å². The van der Waals surface area contributed by atoms with Gasteiger partial charge in [0.15, 0.2) is 0 Å². The molecule has 0 aliphatic carbocycles. The first-order valence-electron chi connectivity index (χ1n) is 6.37. The Bertz CT molecular complexity index is 761. The van der Waals surface area contributed by atoms with Crippen molar-refractivity contribution >= 4 is 5.69 Å². The summed E-state index contributed by atoms with van der Waals surface area (Å²) in [6.07, 6.45) is 0. The third-order valence-electron chi connectivity index (χ3n) is 3.38. The van der Waals surface area contributed by atoms with Crippen LogP contribution in [0.3, 0.4) is 0 Å². The van der Waals surface area contributed by atoms with E-state index in [0.717, 1.165) is 16.7 Å². The van der Waals surface area contributed by atoms with Crippen molar-refractivity contribution in [2.24, 2.45) is 0 Å². The lowest BCUT2D eigenvalue weighted by Gasteiger charge is -2.13. The molecule has 0 heterocycles. The fourth-order valence-corrected chi connectivity index (χ4v) is 2.03. The highest BCUT2D eigenvalue weighted by Crippen LogP contribution is 2.32. The predicted octanol–water partition coefficient (Wildman–Crippen LogP) is 4.18. The molecule has 0 aliphatic heterocycles. The van der Waals surface area contributed by atoms with E-state index in [-0.39, 0.29) is 11.3 Å². The van der Waals surface area contributed by atoms with Gasteiger partial charge in [0, 0.05) is 12.1 Å². The van der Waals surface area contributed by atoms with Crippen molar-refractivity contribution in [1.29, 1.82) is 5.26 Å². The van der Waals surface area contributed by atoms with Crippen LogP contribution in [0.1, 0.15) is 22.3 Å². The number of rotatable bonds is 3. The highest BCUT2D eigenvalue weighted by Gasteiger charge is 2.15. The summed E-state index contributed by atoms with van der Waals surface area (Å²) in [4.78, 5) is 10.2. The molecule has 0 N–H and O–H groups in total. The molecule has 2 aromatic carbocycles. The van der Waals surface area contributed by atoms with Gasteiger partial charge in [0.2, 0.25) is 0 Å². The van der Waals surface area contributed by atoms with E-state index in [1.165, 1.54) is 18.2 Å². The SMILES string of the molecule is Cc1ccc(C)c(Oc2ccc([N+](=O)[O-])c(C#N)c2)c1C. The van der Waals surface area contributed by atoms with Crippen LogP contribution < -0.4 is 4.74 Å². The number of hydrogen-bond acceptors (Lipinski definition) is 4. The number of nitro benzene ring substituents is 1. The summed E-state index contributed by atoms with van der Waals surface area (Å²) in [5.74, 6) is 1.13. The molecule has 21 heavy (non-hydrogen) atoms. The Hall–Kier alpha value is -2.87. The highest BCUT2D eigenvalue weighted by atomic mass is 16.6. The largest absolute Gasteiger partial charge is 0.457 e. The van der Waals surface area contributed by atoms with Gasteiger partial charge in [-0.1, -0.05) is 12.1 Å². The van der Waals surface area contributed by atoms with Gasteiger partial charge >= 0.3 is 0 Å². The van der Waals surface area contributed by atoms with Crippen LogP contribution in [0.5, 0.6) is 11.5 Å². The van der Waals surface area contributed by atoms with Crippen LogP contribution in [0, 0.1) is 42.2 Å². The molecular formula is C16H14N2O3. The summed E-state index contributed by atoms with van der Waals surface area (Å²) in [5, 5.41) is 19.8. The van der Waals surface area contributed by atoms with E-state index in [1.807, 2.05) is 39.0 Å². The van der Waals surface area contributed by atoms with Gasteiger partial charge in [-0.2, -0.15) is 5.26 Å². The molecule has 2 aromatic rings. The van der Waals surface area contributed by atoms with Crippen molar-refractivity contribution in [1.82, 2.24) is 0 Å². The zero-order valence-electron chi connectivity index (χ0n) is 12.0. The molecule has 0 bridgehead atoms. The van der Waals surface area contributed by atoms with E-state index in [1.54, 1.807) is 0 Å². The minimum atomic E-state index is -0.578. The van der Waals surface area contributed by atoms with Crippen molar-refractivity contribution in [2.45, 2.75) is 20.8 Å². The Balaban J connectivity index is 2.44. The first-order chi connectivity index (χ1) is 9.93. The first-order valence-corrected chi connectivity index (χ1v) is 6.37. The molecule has 0 unspecified atom stereocenters. The maximum absolute atomic E-state index is 10.8. The Labute approximate surface area is 122 Å². The van der Waals surface area contributed by atoms with Crippen LogP contribution in [0.2, 0.25) is 0 Å². The van der Waals surface area contributed by atoms with Gasteiger partial charge in [-0.05, 0) is 43.5 Å². The van der Waals surface area contributed by atoms with Gasteiger partial charge in [-0.3, -0.25) is 10.1 Å². The van der Waals surface area contributed by atoms with Crippen molar-refractivity contribution in [3.63, 3.8) is 0 Å². The molecule has 0 aliphatic rings. The second-order valence-corrected chi connectivity index (χ2v) is 4.80. The number of hydrogen-bond donors (Lipinski definition) is 0. The standard InChI is InChI=1S/C16H14N2O3/c1-10-4-5-11(2)16(12(10)3)21-14-6-7-15(18(19)20)13(8-14)9-17/h4-8H,1-3H3. The Morgan fingerprint density at radius 2 is 1.81 bits per heavy atom. The monoisotopic (exact) mass is 282 g/mol. The van der Waals surface area contributed by atoms with Gasteiger partial charge in [0.1, 0.15) is 23.1 Å². The number of aryl methyl sites for hydroxylation is 2. The highest BCUT2D eigenvalue weighted by molar-refractivity contribution is 5.54. The summed E-state index contributed by atoms with van der Waals surface area (Å²) in [6.45, 7) is 5.87. The molecule has 0 amide bonds. The molecule has 0 spiro atoms. The minimum Gasteiger partial charge on any atom is -0.457 e. The fourth-order valence-electron chi connectivity index (χ4n) is 2.03. The lowest BCUT2D eigenvalue weighted by atomic mass is 10.1. The van der Waals surface area contributed by atoms with E-state index in [2.05, 4.69) is 0 Å². The molecule has 0 aromatic heterocycles. The van der Waals surface area contributed by atoms with Crippen LogP contribution in [0.25, 0.3) is 0 Å². The van der Waals surface area contributed by atoms with Crippen molar-refractivity contribution in [3.8, 4) is 17.6 Å². The number of nitriles is 1. The third kappa shape index (κ3) is 2.84. The van der Waals surface area contributed by atoms with Gasteiger partial charge in [0.25, 0.3) is 5.69 Å². The summed E-state index contributed by atoms with van der Waals surface area (Å²) in [6, 6.07) is 9.96. The molecule has 0 saturated carbocycles. The van der Waals surface area contributed by atoms with E-state index in [0.29, 0.717) is 11.5 Å². The lowest BCUT2D eigenvalue weighted by Crippen LogP contribution is -1.96. The van der Waals surface area contributed by atoms with Crippen LogP contribution >= 0.6 is 0 Å². The van der Waals surface area contributed by atoms with Gasteiger partial charge < -0.3 is 4.74 Å². The van der Waals surface area contributed by atoms with Crippen LogP contribution in [-0.4, -0.2) is 4.92 Å². The molecule has 0 atom stereocenters. The van der Waals surface area contributed by atoms with Crippen LogP contribution in [-0.2, 0) is 0 Å². The van der Waals surface area contributed by atoms with E-state index < -0.39 is 4.92 Å². The molecule has 5 nitrogen and oxygen atoms in total. The van der Waals surface area contributed by atoms with Crippen LogP contribution in [0.15, 0.2) is 30.3 Å². The molecule has 5 heteroatoms. The topological polar surface area (TPSA) is 76.2 Å². The van der Waals surface area contributed by atoms with Crippen LogP contribution in [0.4, 0.5) is 5.69 Å². The van der Waals surface area contributed by atoms with Gasteiger partial charge in [-0.25, -0.2) is 0 Å². The average Bonchev–Trinajstić information content (AvgIpc) is 2.47. The zero-order valence-corrected chi connectivity index (χ0v) is 12.0. The van der Waals surface area contributed by atoms with E-state index in [9.17, 15) is 10.1 Å². The fraction of sp³-hybridized carbons (Fsp3) is 0.188. The average molecular weight is 282 g/mol. The number of nitrogens with zero attached hydrogens (tertiary/aromatic N) is 2.